The van der Waals surface area contributed by atoms with Crippen molar-refractivity contribution in [3.05, 3.63) is 53.6 Å². The van der Waals surface area contributed by atoms with Gasteiger partial charge >= 0.3 is 0 Å². The molecule has 1 saturated heterocycles. The fourth-order valence-electron chi connectivity index (χ4n) is 4.49. The van der Waals surface area contributed by atoms with Crippen LogP contribution in [0.2, 0.25) is 0 Å². The lowest BCUT2D eigenvalue weighted by molar-refractivity contribution is 0.0491. The van der Waals surface area contributed by atoms with Crippen LogP contribution >= 0.6 is 0 Å². The van der Waals surface area contributed by atoms with Gasteiger partial charge in [0.25, 0.3) is 0 Å². The molecular formula is C29H44N2O4. The monoisotopic (exact) mass is 484 g/mol. The molecule has 1 aliphatic rings. The first-order chi connectivity index (χ1) is 17.3. The van der Waals surface area contributed by atoms with Crippen molar-refractivity contribution >= 4 is 0 Å². The second kappa shape index (κ2) is 16.4. The number of nitrogens with one attached hydrogen (secondary N) is 1. The molecule has 0 radical (unpaired) electrons. The molecular weight excluding hydrogens is 440 g/mol. The van der Waals surface area contributed by atoms with E-state index in [1.807, 2.05) is 6.07 Å². The quantitative estimate of drug-likeness (QED) is 0.239. The van der Waals surface area contributed by atoms with E-state index in [1.54, 1.807) is 14.2 Å². The topological polar surface area (TPSA) is 52.2 Å². The number of rotatable bonds is 17. The lowest BCUT2D eigenvalue weighted by Gasteiger charge is -2.26. The summed E-state index contributed by atoms with van der Waals surface area (Å²) in [4.78, 5) is 2.55. The van der Waals surface area contributed by atoms with Gasteiger partial charge in [0.2, 0.25) is 0 Å². The van der Waals surface area contributed by atoms with Gasteiger partial charge in [-0.25, -0.2) is 0 Å². The lowest BCUT2D eigenvalue weighted by Crippen LogP contribution is -2.29. The number of aryl methyl sites for hydroxylation is 1. The van der Waals surface area contributed by atoms with Gasteiger partial charge in [0, 0.05) is 13.7 Å². The van der Waals surface area contributed by atoms with Crippen LogP contribution in [0.25, 0.3) is 0 Å². The fourth-order valence-corrected chi connectivity index (χ4v) is 4.49. The molecule has 6 heteroatoms. The molecule has 0 aromatic heterocycles. The summed E-state index contributed by atoms with van der Waals surface area (Å²) < 4.78 is 21.9. The van der Waals surface area contributed by atoms with Crippen LogP contribution in [0, 0.1) is 0 Å². The zero-order valence-electron chi connectivity index (χ0n) is 21.7. The second-order valence-corrected chi connectivity index (χ2v) is 9.28. The highest BCUT2D eigenvalue weighted by molar-refractivity contribution is 5.43. The van der Waals surface area contributed by atoms with Crippen molar-refractivity contribution in [1.29, 1.82) is 0 Å². The van der Waals surface area contributed by atoms with Crippen molar-refractivity contribution in [3.63, 3.8) is 0 Å². The van der Waals surface area contributed by atoms with Crippen molar-refractivity contribution < 1.29 is 18.9 Å². The predicted octanol–water partition coefficient (Wildman–Crippen LogP) is 5.44. The molecule has 6 nitrogen and oxygen atoms in total. The van der Waals surface area contributed by atoms with E-state index in [0.29, 0.717) is 0 Å². The Morgan fingerprint density at radius 2 is 1.66 bits per heavy atom. The van der Waals surface area contributed by atoms with Gasteiger partial charge in [-0.05, 0) is 100 Å². The summed E-state index contributed by atoms with van der Waals surface area (Å²) in [7, 11) is 3.28. The van der Waals surface area contributed by atoms with E-state index >= 15 is 0 Å². The SMILES string of the molecule is COCOc1ccc(CCCCCNCCCOc2cccc(CN3CCCCC3)c2)cc1OC. The van der Waals surface area contributed by atoms with Crippen LogP contribution in [0.1, 0.15) is 56.1 Å². The fraction of sp³-hybridized carbons (Fsp3) is 0.586. The number of piperidine rings is 1. The Labute approximate surface area is 211 Å². The van der Waals surface area contributed by atoms with Crippen LogP contribution in [0.15, 0.2) is 42.5 Å². The maximum atomic E-state index is 5.99. The van der Waals surface area contributed by atoms with Crippen molar-refractivity contribution in [1.82, 2.24) is 10.2 Å². The van der Waals surface area contributed by atoms with Crippen LogP contribution in [0.3, 0.4) is 0 Å². The standard InChI is InChI=1S/C29H44N2O4/c1-32-24-35-28-15-14-25(22-29(28)33-2)11-5-3-6-16-30-17-10-20-34-27-13-9-12-26(21-27)23-31-18-7-4-8-19-31/h9,12-15,21-22,30H,3-8,10-11,16-20,23-24H2,1-2H3. The minimum Gasteiger partial charge on any atom is -0.494 e. The molecule has 2 aromatic carbocycles. The van der Waals surface area contributed by atoms with Crippen molar-refractivity contribution in [2.45, 2.75) is 57.9 Å². The van der Waals surface area contributed by atoms with Gasteiger partial charge in [0.1, 0.15) is 5.75 Å². The first kappa shape index (κ1) is 27.3. The number of hydrogen-bond donors (Lipinski definition) is 1. The minimum absolute atomic E-state index is 0.223. The molecule has 0 unspecified atom stereocenters. The molecule has 0 amide bonds. The van der Waals surface area contributed by atoms with Gasteiger partial charge in [-0.1, -0.05) is 31.0 Å². The van der Waals surface area contributed by atoms with E-state index in [9.17, 15) is 0 Å². The van der Waals surface area contributed by atoms with E-state index in [2.05, 4.69) is 46.6 Å². The molecule has 35 heavy (non-hydrogen) atoms. The van der Waals surface area contributed by atoms with E-state index in [1.165, 1.54) is 62.7 Å². The van der Waals surface area contributed by atoms with Crippen molar-refractivity contribution in [2.24, 2.45) is 0 Å². The summed E-state index contributed by atoms with van der Waals surface area (Å²) in [6.07, 6.45) is 9.67. The number of likely N-dealkylation sites (tertiary alicyclic amines) is 1. The highest BCUT2D eigenvalue weighted by Crippen LogP contribution is 2.28. The second-order valence-electron chi connectivity index (χ2n) is 9.28. The first-order valence-corrected chi connectivity index (χ1v) is 13.2. The summed E-state index contributed by atoms with van der Waals surface area (Å²) >= 11 is 0. The van der Waals surface area contributed by atoms with Gasteiger partial charge in [-0.2, -0.15) is 0 Å². The Morgan fingerprint density at radius 1 is 0.800 bits per heavy atom. The summed E-state index contributed by atoms with van der Waals surface area (Å²) in [5.74, 6) is 2.48. The van der Waals surface area contributed by atoms with Crippen LogP contribution in [-0.4, -0.2) is 58.7 Å². The Balaban J connectivity index is 1.20. The van der Waals surface area contributed by atoms with E-state index in [-0.39, 0.29) is 6.79 Å². The molecule has 1 fully saturated rings. The van der Waals surface area contributed by atoms with Gasteiger partial charge < -0.3 is 24.3 Å². The van der Waals surface area contributed by atoms with Crippen LogP contribution in [-0.2, 0) is 17.7 Å². The minimum atomic E-state index is 0.223. The third-order valence-corrected chi connectivity index (χ3v) is 6.40. The number of methoxy groups -OCH3 is 2. The smallest absolute Gasteiger partial charge is 0.188 e. The summed E-state index contributed by atoms with van der Waals surface area (Å²) in [5.41, 5.74) is 2.63. The van der Waals surface area contributed by atoms with Gasteiger partial charge in [0.15, 0.2) is 18.3 Å². The highest BCUT2D eigenvalue weighted by Gasteiger charge is 2.10. The van der Waals surface area contributed by atoms with Crippen molar-refractivity contribution in [3.8, 4) is 17.2 Å². The highest BCUT2D eigenvalue weighted by atomic mass is 16.7. The number of ether oxygens (including phenoxy) is 4. The summed E-state index contributed by atoms with van der Waals surface area (Å²) in [5, 5.41) is 3.55. The average molecular weight is 485 g/mol. The van der Waals surface area contributed by atoms with Crippen LogP contribution in [0.4, 0.5) is 0 Å². The van der Waals surface area contributed by atoms with E-state index in [0.717, 1.165) is 56.3 Å². The summed E-state index contributed by atoms with van der Waals surface area (Å²) in [6.45, 7) is 6.52. The number of nitrogens with zero attached hydrogens (tertiary/aromatic N) is 1. The Bertz CT molecular complexity index is 839. The van der Waals surface area contributed by atoms with Gasteiger partial charge in [-0.15, -0.1) is 0 Å². The maximum Gasteiger partial charge on any atom is 0.188 e. The normalized spacial score (nSPS) is 14.1. The molecule has 0 spiro atoms. The molecule has 1 aliphatic heterocycles. The first-order valence-electron chi connectivity index (χ1n) is 13.2. The summed E-state index contributed by atoms with van der Waals surface area (Å²) in [6, 6.07) is 14.7. The van der Waals surface area contributed by atoms with Gasteiger partial charge in [0.05, 0.1) is 13.7 Å². The number of unbranched alkanes of at least 4 members (excludes halogenated alkanes) is 2. The van der Waals surface area contributed by atoms with Crippen molar-refractivity contribution in [2.75, 3.05) is 53.8 Å². The largest absolute Gasteiger partial charge is 0.494 e. The molecule has 3 rings (SSSR count). The number of hydrogen-bond acceptors (Lipinski definition) is 6. The molecule has 2 aromatic rings. The van der Waals surface area contributed by atoms with Crippen LogP contribution in [0.5, 0.6) is 17.2 Å². The Kier molecular flexibility index (Phi) is 12.8. The molecule has 0 atom stereocenters. The van der Waals surface area contributed by atoms with E-state index in [4.69, 9.17) is 18.9 Å². The molecule has 0 bridgehead atoms. The molecule has 0 saturated carbocycles. The Morgan fingerprint density at radius 3 is 2.49 bits per heavy atom. The van der Waals surface area contributed by atoms with Crippen LogP contribution < -0.4 is 19.5 Å². The lowest BCUT2D eigenvalue weighted by atomic mass is 10.1. The Hall–Kier alpha value is -2.28. The average Bonchev–Trinajstić information content (AvgIpc) is 2.89. The van der Waals surface area contributed by atoms with Gasteiger partial charge in [-0.3, -0.25) is 4.90 Å². The molecule has 1 N–H and O–H groups in total. The molecule has 0 aliphatic carbocycles. The maximum absolute atomic E-state index is 5.99. The van der Waals surface area contributed by atoms with E-state index < -0.39 is 0 Å². The zero-order valence-corrected chi connectivity index (χ0v) is 21.7. The molecule has 194 valence electrons. The predicted molar refractivity (Wildman–Crippen MR) is 142 cm³/mol. The third-order valence-electron chi connectivity index (χ3n) is 6.40. The molecule has 1 heterocycles. The third kappa shape index (κ3) is 10.5. The zero-order chi connectivity index (χ0) is 24.6. The number of benzene rings is 2.